The van der Waals surface area contributed by atoms with Gasteiger partial charge in [-0.15, -0.1) is 11.3 Å². The van der Waals surface area contributed by atoms with Gasteiger partial charge < -0.3 is 14.4 Å². The summed E-state index contributed by atoms with van der Waals surface area (Å²) in [6.45, 7) is 3.07. The Morgan fingerprint density at radius 3 is 2.90 bits per heavy atom. The number of hydrogen-bond donors (Lipinski definition) is 0. The maximum Gasteiger partial charge on any atom is 0.314 e. The van der Waals surface area contributed by atoms with Gasteiger partial charge in [-0.25, -0.2) is 4.98 Å². The largest absolute Gasteiger partial charge is 0.497 e. The van der Waals surface area contributed by atoms with Gasteiger partial charge in [-0.2, -0.15) is 0 Å². The molecule has 1 aliphatic rings. The van der Waals surface area contributed by atoms with Gasteiger partial charge in [0.15, 0.2) is 0 Å². The SMILES string of the molecule is CCOC(=O)[C@]1(Cc2cccc(OC)c2)CCCN(C(=O)c2csc(SC)n2)C1. The Bertz CT molecular complexity index is 870. The number of ether oxygens (including phenoxy) is 2. The third-order valence-corrected chi connectivity index (χ3v) is 6.99. The van der Waals surface area contributed by atoms with Crippen LogP contribution in [0, 0.1) is 5.41 Å². The number of rotatable bonds is 7. The molecule has 0 N–H and O–H groups in total. The highest BCUT2D eigenvalue weighted by atomic mass is 32.2. The summed E-state index contributed by atoms with van der Waals surface area (Å²) in [4.78, 5) is 32.2. The number of likely N-dealkylation sites (tertiary alicyclic amines) is 1. The van der Waals surface area contributed by atoms with Gasteiger partial charge in [0.1, 0.15) is 15.8 Å². The van der Waals surface area contributed by atoms with Crippen LogP contribution in [0.5, 0.6) is 5.75 Å². The maximum atomic E-state index is 13.0. The van der Waals surface area contributed by atoms with Gasteiger partial charge in [-0.05, 0) is 50.1 Å². The Kier molecular flexibility index (Phi) is 7.18. The lowest BCUT2D eigenvalue weighted by atomic mass is 9.75. The van der Waals surface area contributed by atoms with E-state index in [1.165, 1.54) is 23.1 Å². The van der Waals surface area contributed by atoms with Crippen LogP contribution in [0.1, 0.15) is 35.8 Å². The van der Waals surface area contributed by atoms with Crippen molar-refractivity contribution in [1.82, 2.24) is 9.88 Å². The van der Waals surface area contributed by atoms with Crippen LogP contribution in [0.15, 0.2) is 34.0 Å². The molecule has 156 valence electrons. The molecule has 1 saturated heterocycles. The molecule has 2 heterocycles. The minimum absolute atomic E-state index is 0.124. The summed E-state index contributed by atoms with van der Waals surface area (Å²) < 4.78 is 11.6. The summed E-state index contributed by atoms with van der Waals surface area (Å²) in [6.07, 6.45) is 3.86. The van der Waals surface area contributed by atoms with Crippen LogP contribution >= 0.6 is 23.1 Å². The first-order valence-corrected chi connectivity index (χ1v) is 11.7. The molecule has 8 heteroatoms. The van der Waals surface area contributed by atoms with Gasteiger partial charge in [0, 0.05) is 18.5 Å². The molecule has 0 bridgehead atoms. The van der Waals surface area contributed by atoms with E-state index >= 15 is 0 Å². The summed E-state index contributed by atoms with van der Waals surface area (Å²) in [7, 11) is 1.62. The van der Waals surface area contributed by atoms with Crippen molar-refractivity contribution in [2.24, 2.45) is 5.41 Å². The lowest BCUT2D eigenvalue weighted by molar-refractivity contribution is -0.158. The van der Waals surface area contributed by atoms with E-state index in [1.807, 2.05) is 37.4 Å². The molecule has 6 nitrogen and oxygen atoms in total. The molecular formula is C21H26N2O4S2. The van der Waals surface area contributed by atoms with Crippen LogP contribution in [-0.4, -0.2) is 54.8 Å². The molecule has 0 radical (unpaired) electrons. The molecule has 0 spiro atoms. The number of carbonyl (C=O) groups is 2. The van der Waals surface area contributed by atoms with Gasteiger partial charge in [-0.1, -0.05) is 23.9 Å². The lowest BCUT2D eigenvalue weighted by Gasteiger charge is -2.41. The second kappa shape index (κ2) is 9.63. The van der Waals surface area contributed by atoms with Crippen molar-refractivity contribution in [3.8, 4) is 5.75 Å². The Morgan fingerprint density at radius 2 is 2.21 bits per heavy atom. The van der Waals surface area contributed by atoms with Gasteiger partial charge in [0.05, 0.1) is 19.1 Å². The third-order valence-electron chi connectivity index (χ3n) is 5.13. The zero-order chi connectivity index (χ0) is 20.9. The van der Waals surface area contributed by atoms with Gasteiger partial charge in [0.2, 0.25) is 0 Å². The molecule has 2 aromatic rings. The predicted molar refractivity (Wildman–Crippen MR) is 115 cm³/mol. The van der Waals surface area contributed by atoms with E-state index in [1.54, 1.807) is 17.4 Å². The number of aromatic nitrogens is 1. The fourth-order valence-electron chi connectivity index (χ4n) is 3.76. The summed E-state index contributed by atoms with van der Waals surface area (Å²) in [5, 5.41) is 1.79. The van der Waals surface area contributed by atoms with E-state index in [0.29, 0.717) is 38.2 Å². The first-order valence-electron chi connectivity index (χ1n) is 9.60. The highest BCUT2D eigenvalue weighted by Gasteiger charge is 2.45. The van der Waals surface area contributed by atoms with Crippen molar-refractivity contribution in [3.63, 3.8) is 0 Å². The Morgan fingerprint density at radius 1 is 1.38 bits per heavy atom. The molecule has 29 heavy (non-hydrogen) atoms. The zero-order valence-corrected chi connectivity index (χ0v) is 18.6. The minimum Gasteiger partial charge on any atom is -0.497 e. The monoisotopic (exact) mass is 434 g/mol. The lowest BCUT2D eigenvalue weighted by Crippen LogP contribution is -2.51. The summed E-state index contributed by atoms with van der Waals surface area (Å²) in [5.74, 6) is 0.376. The third kappa shape index (κ3) is 4.93. The molecule has 1 fully saturated rings. The van der Waals surface area contributed by atoms with E-state index in [0.717, 1.165) is 22.1 Å². The molecular weight excluding hydrogens is 408 g/mol. The number of amides is 1. The molecule has 1 aromatic heterocycles. The van der Waals surface area contributed by atoms with E-state index in [2.05, 4.69) is 4.98 Å². The summed E-state index contributed by atoms with van der Waals surface area (Å²) >= 11 is 2.98. The standard InChI is InChI=1S/C21H26N2O4S2/c1-4-27-19(25)21(12-15-7-5-8-16(11-15)26-2)9-6-10-23(14-21)18(24)17-13-29-20(22-17)28-3/h5,7-8,11,13H,4,6,9-10,12,14H2,1-3H3/t21-/m0/s1. The number of methoxy groups -OCH3 is 1. The number of thioether (sulfide) groups is 1. The number of carbonyl (C=O) groups excluding carboxylic acids is 2. The quantitative estimate of drug-likeness (QED) is 0.486. The highest BCUT2D eigenvalue weighted by Crippen LogP contribution is 2.36. The van der Waals surface area contributed by atoms with Crippen molar-refractivity contribution in [1.29, 1.82) is 0 Å². The van der Waals surface area contributed by atoms with Crippen molar-refractivity contribution in [3.05, 3.63) is 40.9 Å². The number of thiazole rings is 1. The molecule has 3 rings (SSSR count). The molecule has 1 aromatic carbocycles. The molecule has 1 amide bonds. The molecule has 0 saturated carbocycles. The molecule has 0 unspecified atom stereocenters. The predicted octanol–water partition coefficient (Wildman–Crippen LogP) is 3.90. The van der Waals surface area contributed by atoms with Crippen molar-refractivity contribution in [2.45, 2.75) is 30.5 Å². The number of hydrogen-bond acceptors (Lipinski definition) is 7. The van der Waals surface area contributed by atoms with Crippen molar-refractivity contribution in [2.75, 3.05) is 33.1 Å². The molecule has 0 aliphatic carbocycles. The highest BCUT2D eigenvalue weighted by molar-refractivity contribution is 8.00. The van der Waals surface area contributed by atoms with E-state index in [-0.39, 0.29) is 11.9 Å². The van der Waals surface area contributed by atoms with Crippen molar-refractivity contribution >= 4 is 35.0 Å². The fraction of sp³-hybridized carbons (Fsp3) is 0.476. The normalized spacial score (nSPS) is 19.1. The summed E-state index contributed by atoms with van der Waals surface area (Å²) in [5.41, 5.74) is 0.666. The minimum atomic E-state index is -0.769. The topological polar surface area (TPSA) is 68.7 Å². The Labute approximate surface area is 179 Å². The number of piperidine rings is 1. The van der Waals surface area contributed by atoms with Gasteiger partial charge in [0.25, 0.3) is 5.91 Å². The van der Waals surface area contributed by atoms with Crippen LogP contribution in [0.25, 0.3) is 0 Å². The first-order chi connectivity index (χ1) is 14.0. The number of esters is 1. The van der Waals surface area contributed by atoms with Crippen LogP contribution in [0.4, 0.5) is 0 Å². The van der Waals surface area contributed by atoms with E-state index < -0.39 is 5.41 Å². The van der Waals surface area contributed by atoms with Crippen LogP contribution in [-0.2, 0) is 16.0 Å². The maximum absolute atomic E-state index is 13.0. The van der Waals surface area contributed by atoms with Gasteiger partial charge in [-0.3, -0.25) is 9.59 Å². The fourth-order valence-corrected chi connectivity index (χ4v) is 4.99. The average Bonchev–Trinajstić information content (AvgIpc) is 3.23. The van der Waals surface area contributed by atoms with E-state index in [4.69, 9.17) is 9.47 Å². The molecule has 1 aliphatic heterocycles. The second-order valence-electron chi connectivity index (χ2n) is 7.06. The zero-order valence-electron chi connectivity index (χ0n) is 17.0. The average molecular weight is 435 g/mol. The van der Waals surface area contributed by atoms with Crippen LogP contribution < -0.4 is 4.74 Å². The summed E-state index contributed by atoms with van der Waals surface area (Å²) in [6, 6.07) is 7.71. The van der Waals surface area contributed by atoms with E-state index in [9.17, 15) is 9.59 Å². The number of nitrogens with zero attached hydrogens (tertiary/aromatic N) is 2. The number of benzene rings is 1. The van der Waals surface area contributed by atoms with Crippen molar-refractivity contribution < 1.29 is 19.1 Å². The molecule has 1 atom stereocenters. The smallest absolute Gasteiger partial charge is 0.314 e. The van der Waals surface area contributed by atoms with Crippen LogP contribution in [0.2, 0.25) is 0 Å². The first kappa shape index (κ1) is 21.6. The Hall–Kier alpha value is -2.06. The Balaban J connectivity index is 1.86. The second-order valence-corrected chi connectivity index (χ2v) is 8.97. The van der Waals surface area contributed by atoms with Gasteiger partial charge >= 0.3 is 5.97 Å². The van der Waals surface area contributed by atoms with Crippen LogP contribution in [0.3, 0.4) is 0 Å².